The minimum atomic E-state index is 0.515. The smallest absolute Gasteiger partial charge is 0.135 e. The van der Waals surface area contributed by atoms with Crippen LogP contribution in [0, 0.1) is 13.8 Å². The van der Waals surface area contributed by atoms with Crippen molar-refractivity contribution in [3.8, 4) is 5.75 Å². The van der Waals surface area contributed by atoms with Gasteiger partial charge in [0.1, 0.15) is 23.2 Å². The van der Waals surface area contributed by atoms with Crippen LogP contribution < -0.4 is 15.8 Å². The molecule has 0 saturated carbocycles. The highest BCUT2D eigenvalue weighted by molar-refractivity contribution is 9.10. The number of nitrogen functional groups attached to an aromatic ring is 1. The van der Waals surface area contributed by atoms with E-state index < -0.39 is 0 Å². The van der Waals surface area contributed by atoms with E-state index in [0.717, 1.165) is 40.2 Å². The van der Waals surface area contributed by atoms with Crippen molar-refractivity contribution in [2.75, 3.05) is 17.7 Å². The van der Waals surface area contributed by atoms with Gasteiger partial charge in [0.25, 0.3) is 0 Å². The van der Waals surface area contributed by atoms with Crippen molar-refractivity contribution in [2.24, 2.45) is 0 Å². The highest BCUT2D eigenvalue weighted by atomic mass is 79.9. The van der Waals surface area contributed by atoms with Gasteiger partial charge in [-0.3, -0.25) is 0 Å². The van der Waals surface area contributed by atoms with E-state index in [0.29, 0.717) is 18.2 Å². The lowest BCUT2D eigenvalue weighted by Crippen LogP contribution is -2.08. The quantitative estimate of drug-likeness (QED) is 0.891. The van der Waals surface area contributed by atoms with Crippen LogP contribution in [-0.2, 0) is 13.0 Å². The molecule has 3 N–H and O–H groups in total. The monoisotopic (exact) mass is 348 g/mol. The number of hydrogen-bond donors (Lipinski definition) is 2. The zero-order chi connectivity index (χ0) is 15.0. The molecule has 2 aromatic rings. The van der Waals surface area contributed by atoms with Crippen molar-refractivity contribution in [2.45, 2.75) is 26.8 Å². The minimum Gasteiger partial charge on any atom is -0.493 e. The molecule has 2 heterocycles. The SMILES string of the molecule is Cc1nc(N)c(C)c(NCc2cc(Br)cc3c2OCC3)n1. The fourth-order valence-electron chi connectivity index (χ4n) is 2.48. The molecule has 3 rings (SSSR count). The lowest BCUT2D eigenvalue weighted by atomic mass is 10.1. The zero-order valence-electron chi connectivity index (χ0n) is 12.0. The van der Waals surface area contributed by atoms with Crippen LogP contribution in [0.3, 0.4) is 0 Å². The minimum absolute atomic E-state index is 0.515. The van der Waals surface area contributed by atoms with Crippen LogP contribution in [0.4, 0.5) is 11.6 Å². The van der Waals surface area contributed by atoms with Crippen LogP contribution in [-0.4, -0.2) is 16.6 Å². The third kappa shape index (κ3) is 2.81. The molecular weight excluding hydrogens is 332 g/mol. The van der Waals surface area contributed by atoms with Gasteiger partial charge in [0.2, 0.25) is 0 Å². The Kier molecular flexibility index (Phi) is 3.71. The maximum Gasteiger partial charge on any atom is 0.135 e. The van der Waals surface area contributed by atoms with Gasteiger partial charge >= 0.3 is 0 Å². The Labute approximate surface area is 132 Å². The molecule has 6 heteroatoms. The van der Waals surface area contributed by atoms with E-state index in [4.69, 9.17) is 10.5 Å². The third-order valence-electron chi connectivity index (χ3n) is 3.57. The first-order valence-electron chi connectivity index (χ1n) is 6.83. The van der Waals surface area contributed by atoms with Crippen LogP contribution in [0.25, 0.3) is 0 Å². The molecule has 21 heavy (non-hydrogen) atoms. The number of halogens is 1. The van der Waals surface area contributed by atoms with Gasteiger partial charge in [-0.1, -0.05) is 15.9 Å². The summed E-state index contributed by atoms with van der Waals surface area (Å²) < 4.78 is 6.80. The number of fused-ring (bicyclic) bond motifs is 1. The van der Waals surface area contributed by atoms with E-state index in [1.165, 1.54) is 5.56 Å². The molecule has 0 fully saturated rings. The number of rotatable bonds is 3. The van der Waals surface area contributed by atoms with Crippen LogP contribution >= 0.6 is 15.9 Å². The van der Waals surface area contributed by atoms with Crippen molar-refractivity contribution in [3.63, 3.8) is 0 Å². The molecule has 1 aliphatic heterocycles. The molecule has 0 unspecified atom stereocenters. The van der Waals surface area contributed by atoms with Crippen molar-refractivity contribution in [1.82, 2.24) is 9.97 Å². The average molecular weight is 349 g/mol. The summed E-state index contributed by atoms with van der Waals surface area (Å²) in [6.07, 6.45) is 0.959. The normalized spacial score (nSPS) is 12.9. The number of anilines is 2. The Morgan fingerprint density at radius 3 is 2.95 bits per heavy atom. The molecule has 0 spiro atoms. The Balaban J connectivity index is 1.86. The van der Waals surface area contributed by atoms with Crippen LogP contribution in [0.1, 0.15) is 22.5 Å². The van der Waals surface area contributed by atoms with E-state index in [2.05, 4.69) is 43.3 Å². The first-order chi connectivity index (χ1) is 10.0. The third-order valence-corrected chi connectivity index (χ3v) is 4.02. The van der Waals surface area contributed by atoms with Gasteiger partial charge < -0.3 is 15.8 Å². The summed E-state index contributed by atoms with van der Waals surface area (Å²) >= 11 is 3.55. The topological polar surface area (TPSA) is 73.1 Å². The molecule has 110 valence electrons. The predicted octanol–water partition coefficient (Wildman–Crippen LogP) is 2.99. The van der Waals surface area contributed by atoms with E-state index in [1.54, 1.807) is 0 Å². The maximum atomic E-state index is 5.88. The van der Waals surface area contributed by atoms with Crippen molar-refractivity contribution >= 4 is 27.6 Å². The van der Waals surface area contributed by atoms with Crippen LogP contribution in [0.5, 0.6) is 5.75 Å². The maximum absolute atomic E-state index is 5.88. The molecule has 1 aromatic heterocycles. The Morgan fingerprint density at radius 2 is 2.14 bits per heavy atom. The molecule has 5 nitrogen and oxygen atoms in total. The van der Waals surface area contributed by atoms with Gasteiger partial charge in [-0.15, -0.1) is 0 Å². The second-order valence-corrected chi connectivity index (χ2v) is 6.05. The Bertz CT molecular complexity index is 703. The first-order valence-corrected chi connectivity index (χ1v) is 7.62. The number of nitrogens with zero attached hydrogens (tertiary/aromatic N) is 2. The van der Waals surface area contributed by atoms with Crippen molar-refractivity contribution in [1.29, 1.82) is 0 Å². The first kappa shape index (κ1) is 14.1. The van der Waals surface area contributed by atoms with Crippen LogP contribution in [0.15, 0.2) is 16.6 Å². The molecule has 0 radical (unpaired) electrons. The standard InChI is InChI=1S/C15H17BrN4O/c1-8-14(17)19-9(2)20-15(8)18-7-11-6-12(16)5-10-3-4-21-13(10)11/h5-6H,3-4,7H2,1-2H3,(H3,17,18,19,20). The molecule has 0 atom stereocenters. The van der Waals surface area contributed by atoms with Gasteiger partial charge in [0.15, 0.2) is 0 Å². The van der Waals surface area contributed by atoms with Gasteiger partial charge in [0, 0.05) is 28.6 Å². The van der Waals surface area contributed by atoms with Crippen molar-refractivity contribution < 1.29 is 4.74 Å². The fraction of sp³-hybridized carbons (Fsp3) is 0.333. The number of nitrogens with one attached hydrogen (secondary N) is 1. The summed E-state index contributed by atoms with van der Waals surface area (Å²) in [4.78, 5) is 8.57. The summed E-state index contributed by atoms with van der Waals surface area (Å²) in [5.41, 5.74) is 9.11. The summed E-state index contributed by atoms with van der Waals surface area (Å²) in [7, 11) is 0. The number of benzene rings is 1. The Hall–Kier alpha value is -1.82. The fourth-order valence-corrected chi connectivity index (χ4v) is 3.03. The van der Waals surface area contributed by atoms with Gasteiger partial charge in [-0.25, -0.2) is 9.97 Å². The van der Waals surface area contributed by atoms with E-state index in [1.807, 2.05) is 13.8 Å². The number of aromatic nitrogens is 2. The van der Waals surface area contributed by atoms with Crippen LogP contribution in [0.2, 0.25) is 0 Å². The number of aryl methyl sites for hydroxylation is 1. The molecule has 0 amide bonds. The average Bonchev–Trinajstić information content (AvgIpc) is 2.88. The largest absolute Gasteiger partial charge is 0.493 e. The van der Waals surface area contributed by atoms with Crippen molar-refractivity contribution in [3.05, 3.63) is 39.1 Å². The van der Waals surface area contributed by atoms with Gasteiger partial charge in [0.05, 0.1) is 6.61 Å². The summed E-state index contributed by atoms with van der Waals surface area (Å²) in [6.45, 7) is 5.13. The number of ether oxygens (including phenoxy) is 1. The summed E-state index contributed by atoms with van der Waals surface area (Å²) in [5, 5.41) is 3.34. The zero-order valence-corrected chi connectivity index (χ0v) is 13.6. The van der Waals surface area contributed by atoms with E-state index >= 15 is 0 Å². The molecule has 0 saturated heterocycles. The summed E-state index contributed by atoms with van der Waals surface area (Å²) in [5.74, 6) is 2.94. The summed E-state index contributed by atoms with van der Waals surface area (Å²) in [6, 6.07) is 4.19. The van der Waals surface area contributed by atoms with Gasteiger partial charge in [-0.2, -0.15) is 0 Å². The predicted molar refractivity (Wildman–Crippen MR) is 86.6 cm³/mol. The highest BCUT2D eigenvalue weighted by Crippen LogP contribution is 2.33. The molecule has 1 aliphatic rings. The molecular formula is C15H17BrN4O. The number of nitrogens with two attached hydrogens (primary N) is 1. The second kappa shape index (κ2) is 5.52. The van der Waals surface area contributed by atoms with Gasteiger partial charge in [-0.05, 0) is 31.5 Å². The van der Waals surface area contributed by atoms with E-state index in [-0.39, 0.29) is 0 Å². The second-order valence-electron chi connectivity index (χ2n) is 5.13. The molecule has 1 aromatic carbocycles. The molecule has 0 aliphatic carbocycles. The highest BCUT2D eigenvalue weighted by Gasteiger charge is 2.17. The molecule has 0 bridgehead atoms. The lowest BCUT2D eigenvalue weighted by molar-refractivity contribution is 0.354. The number of hydrogen-bond acceptors (Lipinski definition) is 5. The van der Waals surface area contributed by atoms with E-state index in [9.17, 15) is 0 Å². The lowest BCUT2D eigenvalue weighted by Gasteiger charge is -2.13. The Morgan fingerprint density at radius 1 is 1.33 bits per heavy atom.